The zero-order valence-corrected chi connectivity index (χ0v) is 14.8. The fourth-order valence-electron chi connectivity index (χ4n) is 1.81. The number of rotatable bonds is 9. The minimum Gasteiger partial charge on any atom is -0.480 e. The van der Waals surface area contributed by atoms with E-state index in [9.17, 15) is 26.0 Å². The second-order valence-corrected chi connectivity index (χ2v) is 8.83. The number of anilines is 1. The van der Waals surface area contributed by atoms with Gasteiger partial charge in [0.2, 0.25) is 20.0 Å². The Morgan fingerprint density at radius 2 is 1.88 bits per heavy atom. The first-order chi connectivity index (χ1) is 11.0. The first-order valence-electron chi connectivity index (χ1n) is 7.05. The van der Waals surface area contributed by atoms with Crippen molar-refractivity contribution in [2.75, 3.05) is 23.6 Å². The standard InChI is InChI=1S/C13H19FN2O6S2/c1-3-7-16(9-13(17)18)24(21,22)10-5-6-12(11(14)8-10)15-23(19,20)4-2/h5-6,8,15H,3-4,7,9H2,1-2H3,(H,17,18). The van der Waals surface area contributed by atoms with E-state index in [1.807, 2.05) is 4.72 Å². The van der Waals surface area contributed by atoms with Crippen molar-refractivity contribution in [1.82, 2.24) is 4.31 Å². The molecule has 0 unspecified atom stereocenters. The van der Waals surface area contributed by atoms with Gasteiger partial charge in [0.05, 0.1) is 16.3 Å². The van der Waals surface area contributed by atoms with Gasteiger partial charge in [-0.2, -0.15) is 4.31 Å². The Kier molecular flexibility index (Phi) is 6.69. The highest BCUT2D eigenvalue weighted by atomic mass is 32.2. The number of hydrogen-bond acceptors (Lipinski definition) is 5. The highest BCUT2D eigenvalue weighted by molar-refractivity contribution is 7.92. The summed E-state index contributed by atoms with van der Waals surface area (Å²) in [5.41, 5.74) is -0.379. The van der Waals surface area contributed by atoms with Crippen molar-refractivity contribution < 1.29 is 31.1 Å². The van der Waals surface area contributed by atoms with Crippen molar-refractivity contribution in [3.63, 3.8) is 0 Å². The zero-order valence-electron chi connectivity index (χ0n) is 13.2. The molecule has 0 aliphatic heterocycles. The van der Waals surface area contributed by atoms with Crippen molar-refractivity contribution >= 4 is 31.7 Å². The highest BCUT2D eigenvalue weighted by Crippen LogP contribution is 2.23. The van der Waals surface area contributed by atoms with E-state index in [4.69, 9.17) is 5.11 Å². The van der Waals surface area contributed by atoms with Gasteiger partial charge in [0.15, 0.2) is 0 Å². The van der Waals surface area contributed by atoms with Crippen LogP contribution in [0.25, 0.3) is 0 Å². The van der Waals surface area contributed by atoms with Crippen LogP contribution < -0.4 is 4.72 Å². The van der Waals surface area contributed by atoms with Gasteiger partial charge < -0.3 is 5.11 Å². The maximum Gasteiger partial charge on any atom is 0.318 e. The molecular formula is C13H19FN2O6S2. The van der Waals surface area contributed by atoms with Crippen LogP contribution in [-0.2, 0) is 24.8 Å². The van der Waals surface area contributed by atoms with Crippen molar-refractivity contribution in [2.24, 2.45) is 0 Å². The Labute approximate surface area is 140 Å². The number of sulfonamides is 2. The summed E-state index contributed by atoms with van der Waals surface area (Å²) in [6.45, 7) is 2.25. The van der Waals surface area contributed by atoms with Crippen LogP contribution in [0.3, 0.4) is 0 Å². The molecular weight excluding hydrogens is 363 g/mol. The van der Waals surface area contributed by atoms with E-state index in [1.54, 1.807) is 6.92 Å². The lowest BCUT2D eigenvalue weighted by Crippen LogP contribution is -2.36. The summed E-state index contributed by atoms with van der Waals surface area (Å²) < 4.78 is 64.5. The summed E-state index contributed by atoms with van der Waals surface area (Å²) in [4.78, 5) is 10.4. The third-order valence-corrected chi connectivity index (χ3v) is 6.14. The number of benzene rings is 1. The van der Waals surface area contributed by atoms with Crippen molar-refractivity contribution in [2.45, 2.75) is 25.2 Å². The number of halogens is 1. The average molecular weight is 382 g/mol. The number of hydrogen-bond donors (Lipinski definition) is 2. The molecule has 0 saturated heterocycles. The highest BCUT2D eigenvalue weighted by Gasteiger charge is 2.27. The van der Waals surface area contributed by atoms with E-state index >= 15 is 0 Å². The van der Waals surface area contributed by atoms with Crippen LogP contribution in [0.1, 0.15) is 20.3 Å². The topological polar surface area (TPSA) is 121 Å². The molecule has 8 nitrogen and oxygen atoms in total. The maximum atomic E-state index is 14.0. The molecule has 0 aromatic heterocycles. The molecule has 0 aliphatic carbocycles. The number of nitrogens with zero attached hydrogens (tertiary/aromatic N) is 1. The maximum absolute atomic E-state index is 14.0. The second-order valence-electron chi connectivity index (χ2n) is 4.88. The first-order valence-corrected chi connectivity index (χ1v) is 10.1. The van der Waals surface area contributed by atoms with Gasteiger partial charge in [-0.15, -0.1) is 0 Å². The summed E-state index contributed by atoms with van der Waals surface area (Å²) in [5, 5.41) is 8.82. The average Bonchev–Trinajstić information content (AvgIpc) is 2.48. The predicted molar refractivity (Wildman–Crippen MR) is 86.2 cm³/mol. The van der Waals surface area contributed by atoms with Gasteiger partial charge >= 0.3 is 5.97 Å². The molecule has 0 amide bonds. The monoisotopic (exact) mass is 382 g/mol. The summed E-state index contributed by atoms with van der Waals surface area (Å²) in [6.07, 6.45) is 0.378. The van der Waals surface area contributed by atoms with Gasteiger partial charge in [0.1, 0.15) is 12.4 Å². The zero-order chi connectivity index (χ0) is 18.5. The molecule has 1 aromatic rings. The molecule has 2 N–H and O–H groups in total. The van der Waals surface area contributed by atoms with Crippen LogP contribution in [0, 0.1) is 5.82 Å². The number of nitrogens with one attached hydrogen (secondary N) is 1. The lowest BCUT2D eigenvalue weighted by atomic mass is 10.3. The van der Waals surface area contributed by atoms with E-state index in [2.05, 4.69) is 0 Å². The second kappa shape index (κ2) is 7.90. The van der Waals surface area contributed by atoms with Crippen LogP contribution in [0.5, 0.6) is 0 Å². The van der Waals surface area contributed by atoms with E-state index < -0.39 is 43.3 Å². The third-order valence-electron chi connectivity index (χ3n) is 3.01. The molecule has 0 fully saturated rings. The minimum atomic E-state index is -4.21. The lowest BCUT2D eigenvalue weighted by molar-refractivity contribution is -0.137. The van der Waals surface area contributed by atoms with Crippen LogP contribution in [-0.4, -0.2) is 51.1 Å². The normalized spacial score (nSPS) is 12.3. The number of carboxylic acid groups (broad SMARTS) is 1. The van der Waals surface area contributed by atoms with Gasteiger partial charge in [-0.25, -0.2) is 21.2 Å². The minimum absolute atomic E-state index is 0.0412. The van der Waals surface area contributed by atoms with Gasteiger partial charge in [0.25, 0.3) is 0 Å². The van der Waals surface area contributed by atoms with Crippen LogP contribution in [0.2, 0.25) is 0 Å². The third kappa shape index (κ3) is 5.14. The summed E-state index contributed by atoms with van der Waals surface area (Å²) >= 11 is 0. The lowest BCUT2D eigenvalue weighted by Gasteiger charge is -2.20. The molecule has 0 aliphatic rings. The predicted octanol–water partition coefficient (Wildman–Crippen LogP) is 1.07. The Bertz CT molecular complexity index is 808. The fourth-order valence-corrected chi connectivity index (χ4v) is 3.95. The quantitative estimate of drug-likeness (QED) is 0.659. The summed E-state index contributed by atoms with van der Waals surface area (Å²) in [5.74, 6) is -2.67. The van der Waals surface area contributed by atoms with Gasteiger partial charge in [-0.3, -0.25) is 9.52 Å². The van der Waals surface area contributed by atoms with E-state index in [0.717, 1.165) is 16.4 Å². The van der Waals surface area contributed by atoms with Crippen LogP contribution >= 0.6 is 0 Å². The van der Waals surface area contributed by atoms with E-state index in [0.29, 0.717) is 12.5 Å². The number of aliphatic carboxylic acids is 1. The van der Waals surface area contributed by atoms with Crippen molar-refractivity contribution in [3.05, 3.63) is 24.0 Å². The van der Waals surface area contributed by atoms with Crippen molar-refractivity contribution in [3.8, 4) is 0 Å². The Morgan fingerprint density at radius 3 is 2.33 bits per heavy atom. The summed E-state index contributed by atoms with van der Waals surface area (Å²) in [7, 11) is -7.92. The molecule has 0 spiro atoms. The molecule has 11 heteroatoms. The first kappa shape index (κ1) is 20.3. The van der Waals surface area contributed by atoms with E-state index in [-0.39, 0.29) is 18.0 Å². The fraction of sp³-hybridized carbons (Fsp3) is 0.462. The Morgan fingerprint density at radius 1 is 1.25 bits per heavy atom. The van der Waals surface area contributed by atoms with Gasteiger partial charge in [-0.1, -0.05) is 6.92 Å². The largest absolute Gasteiger partial charge is 0.480 e. The molecule has 1 rings (SSSR count). The number of carbonyl (C=O) groups is 1. The molecule has 1 aromatic carbocycles. The molecule has 24 heavy (non-hydrogen) atoms. The van der Waals surface area contributed by atoms with Crippen LogP contribution in [0.15, 0.2) is 23.1 Å². The molecule has 0 atom stereocenters. The smallest absolute Gasteiger partial charge is 0.318 e. The Balaban J connectivity index is 3.21. The van der Waals surface area contributed by atoms with Crippen LogP contribution in [0.4, 0.5) is 10.1 Å². The SMILES string of the molecule is CCCN(CC(=O)O)S(=O)(=O)c1ccc(NS(=O)(=O)CC)c(F)c1. The molecule has 0 radical (unpaired) electrons. The molecule has 0 bridgehead atoms. The van der Waals surface area contributed by atoms with E-state index in [1.165, 1.54) is 6.92 Å². The number of carboxylic acids is 1. The molecule has 0 saturated carbocycles. The summed E-state index contributed by atoms with van der Waals surface area (Å²) in [6, 6.07) is 2.67. The van der Waals surface area contributed by atoms with Crippen molar-refractivity contribution in [1.29, 1.82) is 0 Å². The van der Waals surface area contributed by atoms with Gasteiger partial charge in [0, 0.05) is 6.54 Å². The molecule has 0 heterocycles. The van der Waals surface area contributed by atoms with Gasteiger partial charge in [-0.05, 0) is 31.5 Å². The Hall–Kier alpha value is -1.72. The molecule has 136 valence electrons.